The molecular weight excluding hydrogens is 272 g/mol. The third-order valence-corrected chi connectivity index (χ3v) is 6.75. The highest BCUT2D eigenvalue weighted by molar-refractivity contribution is 5.75. The molecule has 5 fully saturated rings. The molecule has 0 aromatic heterocycles. The SMILES string of the molecule is C[C@@H]1CC[C@@]2(C)[C@@H](C)C(=O)OC3O[C@@]4(C)CC[C@@H]1C32OO4. The average Bonchev–Trinajstić information content (AvgIpc) is 2.67. The third kappa shape index (κ3) is 1.50. The smallest absolute Gasteiger partial charge is 0.311 e. The third-order valence-electron chi connectivity index (χ3n) is 6.75. The zero-order valence-electron chi connectivity index (χ0n) is 13.2. The minimum absolute atomic E-state index is 0.179. The summed E-state index contributed by atoms with van der Waals surface area (Å²) in [6, 6.07) is 0. The lowest BCUT2D eigenvalue weighted by Crippen LogP contribution is -2.74. The normalized spacial score (nSPS) is 59.1. The van der Waals surface area contributed by atoms with E-state index < -0.39 is 17.7 Å². The number of fused-ring (bicyclic) bond motifs is 2. The van der Waals surface area contributed by atoms with Gasteiger partial charge in [0.2, 0.25) is 12.1 Å². The minimum atomic E-state index is -0.811. The maximum atomic E-state index is 12.3. The molecule has 1 saturated carbocycles. The number of hydrogen-bond acceptors (Lipinski definition) is 5. The van der Waals surface area contributed by atoms with E-state index >= 15 is 0 Å². The van der Waals surface area contributed by atoms with Crippen LogP contribution in [0.5, 0.6) is 0 Å². The average molecular weight is 296 g/mol. The molecule has 1 aliphatic carbocycles. The first kappa shape index (κ1) is 14.0. The summed E-state index contributed by atoms with van der Waals surface area (Å²) in [5.41, 5.74) is -0.982. The van der Waals surface area contributed by atoms with Crippen molar-refractivity contribution in [2.24, 2.45) is 23.2 Å². The summed E-state index contributed by atoms with van der Waals surface area (Å²) in [5, 5.41) is 0. The quantitative estimate of drug-likeness (QED) is 0.508. The number of hydrogen-bond donors (Lipinski definition) is 0. The van der Waals surface area contributed by atoms with Crippen LogP contribution in [0.15, 0.2) is 0 Å². The summed E-state index contributed by atoms with van der Waals surface area (Å²) in [6.45, 7) is 8.22. The Morgan fingerprint density at radius 3 is 2.62 bits per heavy atom. The molecule has 0 amide bonds. The summed E-state index contributed by atoms with van der Waals surface area (Å²) in [6.07, 6.45) is 3.13. The first-order chi connectivity index (χ1) is 9.82. The molecule has 4 aliphatic heterocycles. The molecule has 5 rings (SSSR count). The summed E-state index contributed by atoms with van der Waals surface area (Å²) in [7, 11) is 0. The number of carbonyl (C=O) groups is 1. The Labute approximate surface area is 125 Å². The van der Waals surface area contributed by atoms with Crippen LogP contribution in [0.1, 0.15) is 53.4 Å². The van der Waals surface area contributed by atoms with Crippen molar-refractivity contribution in [2.75, 3.05) is 0 Å². The molecule has 2 unspecified atom stereocenters. The van der Waals surface area contributed by atoms with Crippen molar-refractivity contribution in [1.82, 2.24) is 0 Å². The summed E-state index contributed by atoms with van der Waals surface area (Å²) < 4.78 is 11.7. The molecule has 0 aromatic rings. The van der Waals surface area contributed by atoms with Crippen LogP contribution in [-0.2, 0) is 24.0 Å². The number of rotatable bonds is 0. The number of esters is 1. The van der Waals surface area contributed by atoms with Crippen molar-refractivity contribution in [3.63, 3.8) is 0 Å². The lowest BCUT2D eigenvalue weighted by atomic mass is 9.50. The Balaban J connectivity index is 1.90. The molecule has 4 heterocycles. The molecule has 5 aliphatic rings. The zero-order valence-corrected chi connectivity index (χ0v) is 13.2. The van der Waals surface area contributed by atoms with Crippen LogP contribution in [-0.4, -0.2) is 23.6 Å². The molecule has 5 nitrogen and oxygen atoms in total. The van der Waals surface area contributed by atoms with E-state index in [1.807, 2.05) is 13.8 Å². The van der Waals surface area contributed by atoms with Crippen LogP contribution < -0.4 is 0 Å². The van der Waals surface area contributed by atoms with E-state index in [0.717, 1.165) is 25.7 Å². The predicted octanol–water partition coefficient (Wildman–Crippen LogP) is 2.79. The Morgan fingerprint density at radius 1 is 1.10 bits per heavy atom. The van der Waals surface area contributed by atoms with Gasteiger partial charge in [0.25, 0.3) is 0 Å². The van der Waals surface area contributed by atoms with Crippen LogP contribution in [0.25, 0.3) is 0 Å². The van der Waals surface area contributed by atoms with Crippen LogP contribution in [0, 0.1) is 23.2 Å². The molecular formula is C16H24O5. The molecule has 118 valence electrons. The first-order valence-electron chi connectivity index (χ1n) is 8.08. The largest absolute Gasteiger partial charge is 0.432 e. The molecule has 4 saturated heterocycles. The molecule has 7 atom stereocenters. The van der Waals surface area contributed by atoms with Crippen LogP contribution in [0.4, 0.5) is 0 Å². The fourth-order valence-corrected chi connectivity index (χ4v) is 5.05. The van der Waals surface area contributed by atoms with Gasteiger partial charge in [0.15, 0.2) is 5.60 Å². The monoisotopic (exact) mass is 296 g/mol. The zero-order chi connectivity index (χ0) is 15.0. The highest BCUT2D eigenvalue weighted by atomic mass is 17.3. The maximum absolute atomic E-state index is 12.3. The van der Waals surface area contributed by atoms with E-state index in [9.17, 15) is 4.79 Å². The molecule has 0 radical (unpaired) electrons. The van der Waals surface area contributed by atoms with Gasteiger partial charge in [0, 0.05) is 17.8 Å². The van der Waals surface area contributed by atoms with Crippen molar-refractivity contribution in [2.45, 2.75) is 71.1 Å². The van der Waals surface area contributed by atoms with Crippen molar-refractivity contribution in [3.05, 3.63) is 0 Å². The second-order valence-corrected chi connectivity index (χ2v) is 7.78. The summed E-state index contributed by atoms with van der Waals surface area (Å²) >= 11 is 0. The fraction of sp³-hybridized carbons (Fsp3) is 0.938. The molecule has 5 heteroatoms. The van der Waals surface area contributed by atoms with Gasteiger partial charge in [-0.2, -0.15) is 0 Å². The van der Waals surface area contributed by atoms with Gasteiger partial charge in [-0.25, -0.2) is 9.78 Å². The summed E-state index contributed by atoms with van der Waals surface area (Å²) in [4.78, 5) is 24.0. The first-order valence-corrected chi connectivity index (χ1v) is 8.08. The van der Waals surface area contributed by atoms with E-state index in [4.69, 9.17) is 19.2 Å². The van der Waals surface area contributed by atoms with Gasteiger partial charge in [0.1, 0.15) is 0 Å². The molecule has 0 aromatic carbocycles. The van der Waals surface area contributed by atoms with Gasteiger partial charge in [-0.1, -0.05) is 20.8 Å². The van der Waals surface area contributed by atoms with Crippen molar-refractivity contribution in [3.8, 4) is 0 Å². The van der Waals surface area contributed by atoms with Gasteiger partial charge in [-0.3, -0.25) is 4.79 Å². The van der Waals surface area contributed by atoms with E-state index in [1.165, 1.54) is 0 Å². The second-order valence-electron chi connectivity index (χ2n) is 7.78. The highest BCUT2D eigenvalue weighted by Crippen LogP contribution is 2.65. The topological polar surface area (TPSA) is 54.0 Å². The van der Waals surface area contributed by atoms with Gasteiger partial charge >= 0.3 is 5.97 Å². The fourth-order valence-electron chi connectivity index (χ4n) is 5.05. The van der Waals surface area contributed by atoms with Crippen LogP contribution in [0.3, 0.4) is 0 Å². The lowest BCUT2D eigenvalue weighted by Gasteiger charge is -2.63. The van der Waals surface area contributed by atoms with E-state index in [0.29, 0.717) is 11.8 Å². The van der Waals surface area contributed by atoms with Gasteiger partial charge < -0.3 is 9.47 Å². The Hall–Kier alpha value is -0.650. The van der Waals surface area contributed by atoms with E-state index in [-0.39, 0.29) is 17.3 Å². The van der Waals surface area contributed by atoms with Crippen molar-refractivity contribution >= 4 is 5.97 Å². The van der Waals surface area contributed by atoms with Crippen LogP contribution in [0.2, 0.25) is 0 Å². The molecule has 21 heavy (non-hydrogen) atoms. The van der Waals surface area contributed by atoms with Crippen molar-refractivity contribution in [1.29, 1.82) is 0 Å². The summed E-state index contributed by atoms with van der Waals surface area (Å²) in [5.74, 6) is -0.396. The van der Waals surface area contributed by atoms with Gasteiger partial charge in [0.05, 0.1) is 5.92 Å². The maximum Gasteiger partial charge on any atom is 0.311 e. The molecule has 1 spiro atoms. The molecule has 2 bridgehead atoms. The van der Waals surface area contributed by atoms with Crippen LogP contribution >= 0.6 is 0 Å². The molecule has 0 N–H and O–H groups in total. The Morgan fingerprint density at radius 2 is 1.86 bits per heavy atom. The van der Waals surface area contributed by atoms with E-state index in [1.54, 1.807) is 0 Å². The van der Waals surface area contributed by atoms with E-state index in [2.05, 4.69) is 13.8 Å². The van der Waals surface area contributed by atoms with Crippen molar-refractivity contribution < 1.29 is 24.0 Å². The minimum Gasteiger partial charge on any atom is -0.432 e. The number of carbonyl (C=O) groups excluding carboxylic acids is 1. The second kappa shape index (κ2) is 4.00. The Kier molecular flexibility index (Phi) is 2.66. The van der Waals surface area contributed by atoms with Gasteiger partial charge in [-0.05, 0) is 32.1 Å². The predicted molar refractivity (Wildman–Crippen MR) is 72.7 cm³/mol. The number of ether oxygens (including phenoxy) is 2. The highest BCUT2D eigenvalue weighted by Gasteiger charge is 2.74. The Bertz CT molecular complexity index is 493. The van der Waals surface area contributed by atoms with Gasteiger partial charge in [-0.15, -0.1) is 0 Å². The standard InChI is InChI=1S/C16H24O5/c1-9-5-7-14(3)10(2)12(17)18-13-16(14)11(9)6-8-15(4,19-13)20-21-16/h9-11,13H,5-8H2,1-4H3/t9-,10+,11+,13?,14+,15-,16?/m1/s1. The lowest BCUT2D eigenvalue weighted by molar-refractivity contribution is -0.568.